The molecule has 24 heavy (non-hydrogen) atoms. The Hall–Kier alpha value is -2.59. The van der Waals surface area contributed by atoms with Crippen molar-refractivity contribution in [1.29, 1.82) is 0 Å². The smallest absolute Gasteiger partial charge is 0.260 e. The Morgan fingerprint density at radius 1 is 1.12 bits per heavy atom. The van der Waals surface area contributed by atoms with Crippen LogP contribution in [0.4, 0.5) is 5.69 Å². The van der Waals surface area contributed by atoms with Gasteiger partial charge >= 0.3 is 0 Å². The zero-order valence-electron chi connectivity index (χ0n) is 13.6. The molecular weight excluding hydrogens is 322 g/mol. The molecule has 0 fully saturated rings. The predicted octanol–water partition coefficient (Wildman–Crippen LogP) is 4.65. The Labute approximate surface area is 146 Å². The van der Waals surface area contributed by atoms with Crippen LogP contribution in [0.3, 0.4) is 0 Å². The number of aryl methyl sites for hydroxylation is 2. The lowest BCUT2D eigenvalue weighted by molar-refractivity contribution is 0.102. The lowest BCUT2D eigenvalue weighted by atomic mass is 10.1. The molecule has 0 aliphatic rings. The second kappa shape index (κ2) is 6.89. The Kier molecular flexibility index (Phi) is 4.67. The molecule has 2 aromatic carbocycles. The molecule has 0 spiro atoms. The maximum atomic E-state index is 12.7. The monoisotopic (exact) mass is 339 g/mol. The van der Waals surface area contributed by atoms with Crippen LogP contribution < -0.4 is 5.32 Å². The van der Waals surface area contributed by atoms with Crippen LogP contribution in [-0.2, 0) is 6.42 Å². The van der Waals surface area contributed by atoms with Gasteiger partial charge in [0.05, 0.1) is 11.4 Å². The SMILES string of the molecule is CCc1ccccc1NC(=O)c1c(C)nn(-c2ccccc2)c1Cl. The highest BCUT2D eigenvalue weighted by atomic mass is 35.5. The first-order valence-electron chi connectivity index (χ1n) is 7.81. The van der Waals surface area contributed by atoms with E-state index in [1.54, 1.807) is 11.6 Å². The van der Waals surface area contributed by atoms with E-state index < -0.39 is 0 Å². The van der Waals surface area contributed by atoms with E-state index in [-0.39, 0.29) is 5.91 Å². The van der Waals surface area contributed by atoms with Gasteiger partial charge in [-0.3, -0.25) is 4.79 Å². The summed E-state index contributed by atoms with van der Waals surface area (Å²) in [6, 6.07) is 17.3. The van der Waals surface area contributed by atoms with Gasteiger partial charge in [-0.15, -0.1) is 0 Å². The van der Waals surface area contributed by atoms with E-state index in [1.807, 2.05) is 54.6 Å². The minimum atomic E-state index is -0.249. The van der Waals surface area contributed by atoms with Crippen LogP contribution in [0.5, 0.6) is 0 Å². The average molecular weight is 340 g/mol. The third kappa shape index (κ3) is 3.05. The number of para-hydroxylation sites is 2. The van der Waals surface area contributed by atoms with Crippen LogP contribution in [0, 0.1) is 6.92 Å². The van der Waals surface area contributed by atoms with Crippen LogP contribution in [-0.4, -0.2) is 15.7 Å². The Morgan fingerprint density at radius 3 is 2.50 bits per heavy atom. The minimum absolute atomic E-state index is 0.249. The largest absolute Gasteiger partial charge is 0.322 e. The van der Waals surface area contributed by atoms with Crippen molar-refractivity contribution >= 4 is 23.2 Å². The van der Waals surface area contributed by atoms with Crippen molar-refractivity contribution in [2.24, 2.45) is 0 Å². The van der Waals surface area contributed by atoms with Gasteiger partial charge in [-0.1, -0.05) is 54.9 Å². The summed E-state index contributed by atoms with van der Waals surface area (Å²) in [5.74, 6) is -0.249. The Bertz CT molecular complexity index is 872. The van der Waals surface area contributed by atoms with E-state index >= 15 is 0 Å². The number of halogens is 1. The molecule has 0 unspecified atom stereocenters. The van der Waals surface area contributed by atoms with E-state index in [0.29, 0.717) is 16.4 Å². The molecule has 0 saturated heterocycles. The number of carbonyl (C=O) groups is 1. The highest BCUT2D eigenvalue weighted by molar-refractivity contribution is 6.34. The highest BCUT2D eigenvalue weighted by Crippen LogP contribution is 2.25. The van der Waals surface area contributed by atoms with Gasteiger partial charge in [0.15, 0.2) is 0 Å². The van der Waals surface area contributed by atoms with Crippen molar-refractivity contribution in [2.75, 3.05) is 5.32 Å². The zero-order valence-corrected chi connectivity index (χ0v) is 14.3. The van der Waals surface area contributed by atoms with Gasteiger partial charge in [0, 0.05) is 5.69 Å². The summed E-state index contributed by atoms with van der Waals surface area (Å²) in [7, 11) is 0. The molecule has 1 amide bonds. The van der Waals surface area contributed by atoms with Crippen LogP contribution in [0.15, 0.2) is 54.6 Å². The van der Waals surface area contributed by atoms with Crippen molar-refractivity contribution in [1.82, 2.24) is 9.78 Å². The molecule has 1 heterocycles. The summed E-state index contributed by atoms with van der Waals surface area (Å²) in [5, 5.41) is 7.67. The fourth-order valence-corrected chi connectivity index (χ4v) is 2.99. The molecule has 1 N–H and O–H groups in total. The summed E-state index contributed by atoms with van der Waals surface area (Å²) < 4.78 is 1.58. The van der Waals surface area contributed by atoms with Crippen molar-refractivity contribution in [2.45, 2.75) is 20.3 Å². The molecule has 5 heteroatoms. The van der Waals surface area contributed by atoms with Gasteiger partial charge in [0.1, 0.15) is 10.7 Å². The Balaban J connectivity index is 1.95. The summed E-state index contributed by atoms with van der Waals surface area (Å²) in [4.78, 5) is 12.7. The molecule has 0 saturated carbocycles. The molecule has 4 nitrogen and oxygen atoms in total. The number of carbonyl (C=O) groups excluding carboxylic acids is 1. The van der Waals surface area contributed by atoms with Gasteiger partial charge in [-0.05, 0) is 37.1 Å². The van der Waals surface area contributed by atoms with Gasteiger partial charge in [-0.25, -0.2) is 4.68 Å². The molecule has 0 radical (unpaired) electrons. The molecule has 0 aliphatic heterocycles. The highest BCUT2D eigenvalue weighted by Gasteiger charge is 2.21. The van der Waals surface area contributed by atoms with Gasteiger partial charge in [0.2, 0.25) is 0 Å². The summed E-state index contributed by atoms with van der Waals surface area (Å²) in [6.45, 7) is 3.84. The minimum Gasteiger partial charge on any atom is -0.322 e. The van der Waals surface area contributed by atoms with Crippen molar-refractivity contribution in [3.63, 3.8) is 0 Å². The van der Waals surface area contributed by atoms with E-state index in [4.69, 9.17) is 11.6 Å². The maximum absolute atomic E-state index is 12.7. The summed E-state index contributed by atoms with van der Waals surface area (Å²) in [5.41, 5.74) is 3.68. The number of aromatic nitrogens is 2. The van der Waals surface area contributed by atoms with Gasteiger partial charge in [-0.2, -0.15) is 5.10 Å². The zero-order chi connectivity index (χ0) is 17.1. The van der Waals surface area contributed by atoms with Gasteiger partial charge in [0.25, 0.3) is 5.91 Å². The maximum Gasteiger partial charge on any atom is 0.260 e. The van der Waals surface area contributed by atoms with E-state index in [1.165, 1.54) is 0 Å². The molecule has 122 valence electrons. The second-order valence-electron chi connectivity index (χ2n) is 5.46. The van der Waals surface area contributed by atoms with Crippen molar-refractivity contribution < 1.29 is 4.79 Å². The molecule has 0 atom stereocenters. The van der Waals surface area contributed by atoms with Crippen LogP contribution in [0.2, 0.25) is 5.15 Å². The number of hydrogen-bond acceptors (Lipinski definition) is 2. The number of anilines is 1. The predicted molar refractivity (Wildman–Crippen MR) is 97.1 cm³/mol. The number of nitrogens with one attached hydrogen (secondary N) is 1. The molecular formula is C19H18ClN3O. The molecule has 3 rings (SSSR count). The molecule has 0 aliphatic carbocycles. The van der Waals surface area contributed by atoms with Crippen LogP contribution in [0.1, 0.15) is 28.5 Å². The fraction of sp³-hybridized carbons (Fsp3) is 0.158. The first kappa shape index (κ1) is 16.3. The number of nitrogens with zero attached hydrogens (tertiary/aromatic N) is 2. The molecule has 0 bridgehead atoms. The van der Waals surface area contributed by atoms with Crippen molar-refractivity contribution in [3.8, 4) is 5.69 Å². The standard InChI is InChI=1S/C19H18ClN3O/c1-3-14-9-7-8-12-16(14)21-19(24)17-13(2)22-23(18(17)20)15-10-5-4-6-11-15/h4-12H,3H2,1-2H3,(H,21,24). The normalized spacial score (nSPS) is 10.6. The molecule has 3 aromatic rings. The van der Waals surface area contributed by atoms with E-state index in [9.17, 15) is 4.79 Å². The topological polar surface area (TPSA) is 46.9 Å². The number of amides is 1. The Morgan fingerprint density at radius 2 is 1.79 bits per heavy atom. The molecule has 1 aromatic heterocycles. The fourth-order valence-electron chi connectivity index (χ4n) is 2.63. The lowest BCUT2D eigenvalue weighted by Gasteiger charge is -2.09. The quantitative estimate of drug-likeness (QED) is 0.752. The van der Waals surface area contributed by atoms with Crippen molar-refractivity contribution in [3.05, 3.63) is 76.6 Å². The third-order valence-corrected chi connectivity index (χ3v) is 4.23. The third-order valence-electron chi connectivity index (χ3n) is 3.88. The van der Waals surface area contributed by atoms with Crippen LogP contribution >= 0.6 is 11.6 Å². The number of rotatable bonds is 4. The average Bonchev–Trinajstić information content (AvgIpc) is 2.90. The first-order valence-corrected chi connectivity index (χ1v) is 8.19. The number of benzene rings is 2. The van der Waals surface area contributed by atoms with Gasteiger partial charge < -0.3 is 5.32 Å². The van der Waals surface area contributed by atoms with Crippen LogP contribution in [0.25, 0.3) is 5.69 Å². The lowest BCUT2D eigenvalue weighted by Crippen LogP contribution is -2.14. The first-order chi connectivity index (χ1) is 11.6. The van der Waals surface area contributed by atoms with E-state index in [0.717, 1.165) is 23.4 Å². The van der Waals surface area contributed by atoms with E-state index in [2.05, 4.69) is 17.3 Å². The second-order valence-corrected chi connectivity index (χ2v) is 5.82. The number of hydrogen-bond donors (Lipinski definition) is 1. The summed E-state index contributed by atoms with van der Waals surface area (Å²) in [6.07, 6.45) is 0.840. The summed E-state index contributed by atoms with van der Waals surface area (Å²) >= 11 is 6.44.